The molecule has 3 nitrogen and oxygen atoms in total. The summed E-state index contributed by atoms with van der Waals surface area (Å²) in [6.45, 7) is 0.977. The third-order valence-corrected chi connectivity index (χ3v) is 3.78. The van der Waals surface area contributed by atoms with Crippen molar-refractivity contribution in [2.45, 2.75) is 6.54 Å². The second-order valence-corrected chi connectivity index (χ2v) is 5.62. The summed E-state index contributed by atoms with van der Waals surface area (Å²) >= 11 is 3.40. The highest BCUT2D eigenvalue weighted by Gasteiger charge is 2.02. The number of fused-ring (bicyclic) bond motifs is 1. The van der Waals surface area contributed by atoms with Gasteiger partial charge in [-0.2, -0.15) is 0 Å². The van der Waals surface area contributed by atoms with E-state index in [9.17, 15) is 4.79 Å². The van der Waals surface area contributed by atoms with E-state index in [0.717, 1.165) is 21.0 Å². The molecular formula is C17H14BrNO2. The molecule has 0 atom stereocenters. The Balaban J connectivity index is 1.74. The molecule has 0 amide bonds. The second kappa shape index (κ2) is 6.14. The van der Waals surface area contributed by atoms with Crippen LogP contribution in [0.1, 0.15) is 0 Å². The normalized spacial score (nSPS) is 10.7. The number of rotatable bonds is 4. The van der Waals surface area contributed by atoms with Crippen molar-refractivity contribution in [2.24, 2.45) is 0 Å². The fraction of sp³-hybridized carbons (Fsp3) is 0.118. The lowest BCUT2D eigenvalue weighted by atomic mass is 10.2. The molecule has 21 heavy (non-hydrogen) atoms. The van der Waals surface area contributed by atoms with Crippen molar-refractivity contribution in [2.75, 3.05) is 6.61 Å². The van der Waals surface area contributed by atoms with Gasteiger partial charge in [-0.1, -0.05) is 40.2 Å². The van der Waals surface area contributed by atoms with Gasteiger partial charge in [-0.3, -0.25) is 4.79 Å². The molecule has 0 bridgehead atoms. The molecule has 0 aliphatic rings. The van der Waals surface area contributed by atoms with Gasteiger partial charge in [0.05, 0.1) is 6.54 Å². The van der Waals surface area contributed by atoms with Crippen LogP contribution in [-0.2, 0) is 6.54 Å². The molecule has 0 radical (unpaired) electrons. The van der Waals surface area contributed by atoms with E-state index in [0.29, 0.717) is 13.2 Å². The molecular weight excluding hydrogens is 330 g/mol. The van der Waals surface area contributed by atoms with Gasteiger partial charge >= 0.3 is 0 Å². The second-order valence-electron chi connectivity index (χ2n) is 4.71. The van der Waals surface area contributed by atoms with E-state index in [1.54, 1.807) is 4.57 Å². The minimum atomic E-state index is 0.0194. The maximum absolute atomic E-state index is 12.3. The lowest BCUT2D eigenvalue weighted by molar-refractivity contribution is 0.296. The maximum Gasteiger partial charge on any atom is 0.258 e. The van der Waals surface area contributed by atoms with E-state index in [4.69, 9.17) is 4.74 Å². The van der Waals surface area contributed by atoms with Crippen LogP contribution < -0.4 is 10.3 Å². The van der Waals surface area contributed by atoms with Gasteiger partial charge in [0, 0.05) is 16.1 Å². The average Bonchev–Trinajstić information content (AvgIpc) is 2.50. The Hall–Kier alpha value is -2.07. The molecule has 0 spiro atoms. The Morgan fingerprint density at radius 1 is 1.05 bits per heavy atom. The van der Waals surface area contributed by atoms with E-state index in [-0.39, 0.29) is 5.56 Å². The van der Waals surface area contributed by atoms with Crippen LogP contribution in [0.15, 0.2) is 70.1 Å². The predicted octanol–water partition coefficient (Wildman–Crippen LogP) is 3.84. The monoisotopic (exact) mass is 343 g/mol. The molecule has 1 aromatic heterocycles. The summed E-state index contributed by atoms with van der Waals surface area (Å²) in [5, 5.41) is 1.70. The van der Waals surface area contributed by atoms with Crippen LogP contribution in [-0.4, -0.2) is 11.2 Å². The zero-order valence-electron chi connectivity index (χ0n) is 11.3. The first-order valence-electron chi connectivity index (χ1n) is 6.70. The van der Waals surface area contributed by atoms with Crippen LogP contribution in [0.4, 0.5) is 0 Å². The first-order valence-corrected chi connectivity index (χ1v) is 7.50. The zero-order chi connectivity index (χ0) is 14.7. The van der Waals surface area contributed by atoms with Gasteiger partial charge in [0.2, 0.25) is 0 Å². The molecule has 4 heteroatoms. The fourth-order valence-corrected chi connectivity index (χ4v) is 2.60. The summed E-state index contributed by atoms with van der Waals surface area (Å²) in [6, 6.07) is 17.2. The van der Waals surface area contributed by atoms with Gasteiger partial charge in [-0.15, -0.1) is 0 Å². The van der Waals surface area contributed by atoms with Crippen LogP contribution in [0, 0.1) is 0 Å². The van der Waals surface area contributed by atoms with E-state index in [1.165, 1.54) is 0 Å². The molecule has 1 heterocycles. The molecule has 0 saturated carbocycles. The third-order valence-electron chi connectivity index (χ3n) is 3.28. The van der Waals surface area contributed by atoms with Crippen LogP contribution in [0.25, 0.3) is 10.8 Å². The standard InChI is InChI=1S/C17H14BrNO2/c18-14-5-3-6-15(12-14)21-11-10-19-9-8-13-4-1-2-7-16(13)17(19)20/h1-9,12H,10-11H2. The summed E-state index contributed by atoms with van der Waals surface area (Å²) in [6.07, 6.45) is 1.81. The van der Waals surface area contributed by atoms with E-state index in [2.05, 4.69) is 15.9 Å². The van der Waals surface area contributed by atoms with Crippen molar-refractivity contribution in [3.8, 4) is 5.75 Å². The highest BCUT2D eigenvalue weighted by molar-refractivity contribution is 9.10. The molecule has 0 unspecified atom stereocenters. The Bertz CT molecular complexity index is 826. The van der Waals surface area contributed by atoms with Crippen LogP contribution in [0.2, 0.25) is 0 Å². The molecule has 2 aromatic carbocycles. The van der Waals surface area contributed by atoms with Gasteiger partial charge < -0.3 is 9.30 Å². The van der Waals surface area contributed by atoms with Crippen molar-refractivity contribution in [3.05, 3.63) is 75.6 Å². The van der Waals surface area contributed by atoms with Gasteiger partial charge in [-0.25, -0.2) is 0 Å². The smallest absolute Gasteiger partial charge is 0.258 e. The summed E-state index contributed by atoms with van der Waals surface area (Å²) in [5.74, 6) is 0.790. The fourth-order valence-electron chi connectivity index (χ4n) is 2.22. The van der Waals surface area contributed by atoms with Crippen molar-refractivity contribution >= 4 is 26.7 Å². The number of pyridine rings is 1. The van der Waals surface area contributed by atoms with Gasteiger partial charge in [-0.05, 0) is 35.7 Å². The van der Waals surface area contributed by atoms with E-state index < -0.39 is 0 Å². The highest BCUT2D eigenvalue weighted by atomic mass is 79.9. The summed E-state index contributed by atoms with van der Waals surface area (Å²) < 4.78 is 8.32. The van der Waals surface area contributed by atoms with Gasteiger partial charge in [0.1, 0.15) is 12.4 Å². The van der Waals surface area contributed by atoms with E-state index in [1.807, 2.05) is 60.8 Å². The molecule has 0 saturated heterocycles. The maximum atomic E-state index is 12.3. The molecule has 0 fully saturated rings. The average molecular weight is 344 g/mol. The highest BCUT2D eigenvalue weighted by Crippen LogP contribution is 2.17. The van der Waals surface area contributed by atoms with Crippen molar-refractivity contribution in [3.63, 3.8) is 0 Å². The number of ether oxygens (including phenoxy) is 1. The van der Waals surface area contributed by atoms with Crippen LogP contribution >= 0.6 is 15.9 Å². The largest absolute Gasteiger partial charge is 0.492 e. The number of hydrogen-bond acceptors (Lipinski definition) is 2. The number of nitrogens with zero attached hydrogens (tertiary/aromatic N) is 1. The molecule has 0 aliphatic carbocycles. The van der Waals surface area contributed by atoms with Gasteiger partial charge in [0.25, 0.3) is 5.56 Å². The minimum Gasteiger partial charge on any atom is -0.492 e. The summed E-state index contributed by atoms with van der Waals surface area (Å²) in [4.78, 5) is 12.3. The summed E-state index contributed by atoms with van der Waals surface area (Å²) in [5.41, 5.74) is 0.0194. The molecule has 0 N–H and O–H groups in total. The quantitative estimate of drug-likeness (QED) is 0.720. The number of halogens is 1. The van der Waals surface area contributed by atoms with Crippen LogP contribution in [0.5, 0.6) is 5.75 Å². The first kappa shape index (κ1) is 13.9. The van der Waals surface area contributed by atoms with Crippen LogP contribution in [0.3, 0.4) is 0 Å². The topological polar surface area (TPSA) is 31.2 Å². The Kier molecular flexibility index (Phi) is 4.06. The lowest BCUT2D eigenvalue weighted by Gasteiger charge is -2.09. The van der Waals surface area contributed by atoms with Gasteiger partial charge in [0.15, 0.2) is 0 Å². The molecule has 3 aromatic rings. The Morgan fingerprint density at radius 2 is 1.90 bits per heavy atom. The molecule has 0 aliphatic heterocycles. The number of aromatic nitrogens is 1. The molecule has 3 rings (SSSR count). The first-order chi connectivity index (χ1) is 10.2. The third kappa shape index (κ3) is 3.16. The van der Waals surface area contributed by atoms with Crippen molar-refractivity contribution in [1.82, 2.24) is 4.57 Å². The minimum absolute atomic E-state index is 0.0194. The predicted molar refractivity (Wildman–Crippen MR) is 87.8 cm³/mol. The lowest BCUT2D eigenvalue weighted by Crippen LogP contribution is -2.22. The summed E-state index contributed by atoms with van der Waals surface area (Å²) in [7, 11) is 0. The molecule has 106 valence electrons. The number of benzene rings is 2. The van der Waals surface area contributed by atoms with Crippen molar-refractivity contribution in [1.29, 1.82) is 0 Å². The SMILES string of the molecule is O=c1c2ccccc2ccn1CCOc1cccc(Br)c1. The van der Waals surface area contributed by atoms with Crippen molar-refractivity contribution < 1.29 is 4.74 Å². The number of hydrogen-bond donors (Lipinski definition) is 0. The Labute approximate surface area is 130 Å². The van der Waals surface area contributed by atoms with E-state index >= 15 is 0 Å². The Morgan fingerprint density at radius 3 is 2.76 bits per heavy atom. The zero-order valence-corrected chi connectivity index (χ0v) is 12.9.